The molecule has 1 aromatic carbocycles. The lowest BCUT2D eigenvalue weighted by atomic mass is 10.1. The second-order valence-corrected chi connectivity index (χ2v) is 6.91. The van der Waals surface area contributed by atoms with E-state index in [0.29, 0.717) is 17.6 Å². The van der Waals surface area contributed by atoms with Gasteiger partial charge in [-0.25, -0.2) is 9.97 Å². The molecule has 0 amide bonds. The minimum Gasteiger partial charge on any atom is -0.772 e. The highest BCUT2D eigenvalue weighted by Crippen LogP contribution is 2.39. The van der Waals surface area contributed by atoms with Crippen molar-refractivity contribution < 1.29 is 8.76 Å². The maximum absolute atomic E-state index is 10.7. The van der Waals surface area contributed by atoms with Gasteiger partial charge < -0.3 is 9.87 Å². The summed E-state index contributed by atoms with van der Waals surface area (Å²) in [4.78, 5) is 8.79. The molecule has 0 radical (unpaired) electrons. The Morgan fingerprint density at radius 1 is 1.20 bits per heavy atom. The number of aromatic nitrogens is 4. The van der Waals surface area contributed by atoms with Crippen molar-refractivity contribution in [1.82, 2.24) is 20.2 Å². The molecule has 0 bridgehead atoms. The van der Waals surface area contributed by atoms with Crippen molar-refractivity contribution in [3.05, 3.63) is 53.9 Å². The van der Waals surface area contributed by atoms with Crippen LogP contribution in [0.1, 0.15) is 30.0 Å². The van der Waals surface area contributed by atoms with Gasteiger partial charge in [0.25, 0.3) is 0 Å². The fraction of sp³-hybridized carbons (Fsp3) is 0.235. The Labute approximate surface area is 147 Å². The number of nitrogens with zero attached hydrogens (tertiary/aromatic N) is 3. The first-order valence-corrected chi connectivity index (χ1v) is 9.22. The average molecular weight is 354 g/mol. The minimum absolute atomic E-state index is 0.00518. The van der Waals surface area contributed by atoms with Gasteiger partial charge in [-0.05, 0) is 24.5 Å². The summed E-state index contributed by atoms with van der Waals surface area (Å²) in [6.45, 7) is 0. The third kappa shape index (κ3) is 3.92. The molecular weight excluding hydrogens is 338 g/mol. The van der Waals surface area contributed by atoms with E-state index in [1.165, 1.54) is 12.8 Å². The zero-order valence-corrected chi connectivity index (χ0v) is 14.1. The van der Waals surface area contributed by atoms with E-state index in [1.54, 1.807) is 24.4 Å². The van der Waals surface area contributed by atoms with Crippen LogP contribution in [0.3, 0.4) is 0 Å². The van der Waals surface area contributed by atoms with Crippen LogP contribution >= 0.6 is 0 Å². The van der Waals surface area contributed by atoms with Crippen LogP contribution in [0.5, 0.6) is 0 Å². The van der Waals surface area contributed by atoms with E-state index in [-0.39, 0.29) is 5.75 Å². The second kappa shape index (κ2) is 6.73. The molecule has 2 heterocycles. The number of hydrogen-bond acceptors (Lipinski definition) is 6. The van der Waals surface area contributed by atoms with Gasteiger partial charge >= 0.3 is 0 Å². The molecule has 2 aromatic heterocycles. The van der Waals surface area contributed by atoms with Gasteiger partial charge in [-0.3, -0.25) is 9.31 Å². The monoisotopic (exact) mass is 354 g/mol. The number of rotatable bonds is 6. The van der Waals surface area contributed by atoms with Gasteiger partial charge in [-0.2, -0.15) is 5.10 Å². The second-order valence-electron chi connectivity index (χ2n) is 6.02. The van der Waals surface area contributed by atoms with Crippen molar-refractivity contribution in [2.75, 3.05) is 5.32 Å². The van der Waals surface area contributed by atoms with Crippen molar-refractivity contribution in [2.45, 2.75) is 24.5 Å². The zero-order chi connectivity index (χ0) is 17.2. The van der Waals surface area contributed by atoms with Crippen molar-refractivity contribution in [1.29, 1.82) is 0 Å². The molecule has 2 N–H and O–H groups in total. The quantitative estimate of drug-likeness (QED) is 0.659. The summed E-state index contributed by atoms with van der Waals surface area (Å²) in [6, 6.07) is 11.0. The van der Waals surface area contributed by atoms with Crippen LogP contribution in [0.2, 0.25) is 0 Å². The molecule has 1 aliphatic rings. The van der Waals surface area contributed by atoms with Gasteiger partial charge in [0, 0.05) is 35.2 Å². The molecule has 4 rings (SSSR count). The molecule has 128 valence electrons. The first kappa shape index (κ1) is 15.9. The van der Waals surface area contributed by atoms with Gasteiger partial charge in [0.1, 0.15) is 5.82 Å². The summed E-state index contributed by atoms with van der Waals surface area (Å²) in [5.74, 6) is 2.58. The maximum atomic E-state index is 10.7. The van der Waals surface area contributed by atoms with Crippen LogP contribution in [-0.4, -0.2) is 28.9 Å². The third-order valence-corrected chi connectivity index (χ3v) is 4.59. The van der Waals surface area contributed by atoms with Gasteiger partial charge in [0.05, 0.1) is 0 Å². The lowest BCUT2D eigenvalue weighted by molar-refractivity contribution is 0.536. The number of anilines is 2. The van der Waals surface area contributed by atoms with Gasteiger partial charge in [0.2, 0.25) is 0 Å². The Morgan fingerprint density at radius 2 is 2.00 bits per heavy atom. The molecule has 0 aliphatic heterocycles. The first-order chi connectivity index (χ1) is 12.2. The van der Waals surface area contributed by atoms with Gasteiger partial charge in [0.15, 0.2) is 11.6 Å². The summed E-state index contributed by atoms with van der Waals surface area (Å²) >= 11 is -2.09. The summed E-state index contributed by atoms with van der Waals surface area (Å²) in [5.41, 5.74) is 2.71. The maximum Gasteiger partial charge on any atom is 0.161 e. The Hall–Kier alpha value is -2.58. The molecular formula is C17H16N5O2S-. The lowest BCUT2D eigenvalue weighted by Gasteiger charge is -2.07. The minimum atomic E-state index is -2.09. The molecule has 1 fully saturated rings. The average Bonchev–Trinajstić information content (AvgIpc) is 3.35. The Morgan fingerprint density at radius 3 is 2.72 bits per heavy atom. The van der Waals surface area contributed by atoms with Crippen molar-refractivity contribution in [2.24, 2.45) is 0 Å². The number of nitrogens with one attached hydrogen (secondary N) is 2. The van der Waals surface area contributed by atoms with Crippen LogP contribution < -0.4 is 5.32 Å². The summed E-state index contributed by atoms with van der Waals surface area (Å²) in [5, 5.41) is 10.5. The molecule has 0 saturated heterocycles. The Kier molecular flexibility index (Phi) is 4.29. The van der Waals surface area contributed by atoms with Crippen LogP contribution in [0, 0.1) is 0 Å². The summed E-state index contributed by atoms with van der Waals surface area (Å²) < 4.78 is 21.5. The van der Waals surface area contributed by atoms with E-state index in [4.69, 9.17) is 0 Å². The highest BCUT2D eigenvalue weighted by Gasteiger charge is 2.25. The third-order valence-electron chi connectivity index (χ3n) is 4.02. The number of hydrogen-bond donors (Lipinski definition) is 2. The standard InChI is InChI=1S/C17H17N5O2S/c23-25(24)10-11-1-3-13(4-2-11)17-18-8-7-15(20-17)19-16-9-14(21-22-16)12-5-6-12/h1-4,7-9,12H,5-6,10H2,(H,23,24)(H2,18,19,20,21,22)/p-1. The SMILES string of the molecule is O=S([O-])Cc1ccc(-c2nccc(Nc3cc(C4CC4)[nH]n3)n2)cc1. The van der Waals surface area contributed by atoms with Gasteiger partial charge in [-0.1, -0.05) is 35.3 Å². The highest BCUT2D eigenvalue weighted by molar-refractivity contribution is 7.78. The summed E-state index contributed by atoms with van der Waals surface area (Å²) in [7, 11) is 0. The van der Waals surface area contributed by atoms with Gasteiger partial charge in [-0.15, -0.1) is 0 Å². The normalized spacial score (nSPS) is 15.1. The largest absolute Gasteiger partial charge is 0.772 e. The van der Waals surface area contributed by atoms with Crippen molar-refractivity contribution in [3.8, 4) is 11.4 Å². The van der Waals surface area contributed by atoms with E-state index in [2.05, 4.69) is 25.5 Å². The summed E-state index contributed by atoms with van der Waals surface area (Å²) in [6.07, 6.45) is 4.12. The lowest BCUT2D eigenvalue weighted by Crippen LogP contribution is -1.97. The fourth-order valence-electron chi connectivity index (χ4n) is 2.59. The highest BCUT2D eigenvalue weighted by atomic mass is 32.2. The fourth-order valence-corrected chi connectivity index (χ4v) is 3.05. The smallest absolute Gasteiger partial charge is 0.161 e. The Bertz CT molecular complexity index is 905. The van der Waals surface area contributed by atoms with Crippen molar-refractivity contribution in [3.63, 3.8) is 0 Å². The Balaban J connectivity index is 1.51. The van der Waals surface area contributed by atoms with Crippen LogP contribution in [0.15, 0.2) is 42.6 Å². The predicted molar refractivity (Wildman–Crippen MR) is 93.9 cm³/mol. The van der Waals surface area contributed by atoms with Crippen LogP contribution in [0.4, 0.5) is 11.6 Å². The molecule has 1 aliphatic carbocycles. The molecule has 25 heavy (non-hydrogen) atoms. The number of H-pyrrole nitrogens is 1. The van der Waals surface area contributed by atoms with Crippen molar-refractivity contribution >= 4 is 22.7 Å². The van der Waals surface area contributed by atoms with E-state index in [0.717, 1.165) is 22.6 Å². The molecule has 1 saturated carbocycles. The molecule has 1 atom stereocenters. The molecule has 1 unspecified atom stereocenters. The van der Waals surface area contributed by atoms with E-state index < -0.39 is 11.1 Å². The number of aromatic amines is 1. The molecule has 8 heteroatoms. The zero-order valence-electron chi connectivity index (χ0n) is 13.3. The molecule has 0 spiro atoms. The van der Waals surface area contributed by atoms with E-state index >= 15 is 0 Å². The van der Waals surface area contributed by atoms with E-state index in [9.17, 15) is 8.76 Å². The number of benzene rings is 1. The topological polar surface area (TPSA) is 107 Å². The van der Waals surface area contributed by atoms with Crippen LogP contribution in [0.25, 0.3) is 11.4 Å². The molecule has 3 aromatic rings. The van der Waals surface area contributed by atoms with E-state index in [1.807, 2.05) is 18.2 Å². The first-order valence-electron chi connectivity index (χ1n) is 7.98. The van der Waals surface area contributed by atoms with Crippen LogP contribution in [-0.2, 0) is 16.8 Å². The molecule has 7 nitrogen and oxygen atoms in total. The predicted octanol–water partition coefficient (Wildman–Crippen LogP) is 2.87.